The van der Waals surface area contributed by atoms with Crippen molar-refractivity contribution in [2.24, 2.45) is 0 Å². The first-order valence-electron chi connectivity index (χ1n) is 6.75. The molecular weight excluding hydrogens is 272 g/mol. The van der Waals surface area contributed by atoms with Gasteiger partial charge in [-0.2, -0.15) is 4.98 Å². The van der Waals surface area contributed by atoms with Gasteiger partial charge in [0.2, 0.25) is 11.7 Å². The number of ether oxygens (including phenoxy) is 2. The highest BCUT2D eigenvalue weighted by molar-refractivity contribution is 5.76. The van der Waals surface area contributed by atoms with E-state index in [4.69, 9.17) is 14.0 Å². The Morgan fingerprint density at radius 1 is 1.33 bits per heavy atom. The maximum atomic E-state index is 11.7. The first-order chi connectivity index (χ1) is 10.2. The van der Waals surface area contributed by atoms with Crippen molar-refractivity contribution in [2.45, 2.75) is 25.9 Å². The Bertz CT molecular complexity index is 582. The second-order valence-electron chi connectivity index (χ2n) is 4.49. The summed E-state index contributed by atoms with van der Waals surface area (Å²) in [6, 6.07) is 9.56. The minimum atomic E-state index is -0.598. The van der Waals surface area contributed by atoms with E-state index in [0.717, 1.165) is 5.56 Å². The summed E-state index contributed by atoms with van der Waals surface area (Å²) >= 11 is 0. The number of nitrogens with zero attached hydrogens (tertiary/aromatic N) is 2. The Kier molecular flexibility index (Phi) is 5.05. The molecule has 0 aliphatic carbocycles. The molecule has 0 aliphatic heterocycles. The first-order valence-corrected chi connectivity index (χ1v) is 6.75. The summed E-state index contributed by atoms with van der Waals surface area (Å²) in [6.07, 6.45) is -0.432. The number of esters is 1. The van der Waals surface area contributed by atoms with E-state index in [9.17, 15) is 4.79 Å². The molecule has 0 saturated carbocycles. The minimum Gasteiger partial charge on any atom is -0.465 e. The topological polar surface area (TPSA) is 74.5 Å². The van der Waals surface area contributed by atoms with Crippen LogP contribution in [-0.2, 0) is 14.3 Å². The van der Waals surface area contributed by atoms with E-state index in [2.05, 4.69) is 10.1 Å². The number of methoxy groups -OCH3 is 1. The fraction of sp³-hybridized carbons (Fsp3) is 0.400. The van der Waals surface area contributed by atoms with E-state index in [0.29, 0.717) is 12.4 Å². The van der Waals surface area contributed by atoms with Crippen LogP contribution in [0.2, 0.25) is 0 Å². The molecule has 1 aromatic heterocycles. The number of carbonyl (C=O) groups excluding carboxylic acids is 1. The van der Waals surface area contributed by atoms with Crippen LogP contribution in [0, 0.1) is 0 Å². The quantitative estimate of drug-likeness (QED) is 0.761. The third kappa shape index (κ3) is 3.46. The molecule has 0 saturated heterocycles. The summed E-state index contributed by atoms with van der Waals surface area (Å²) < 4.78 is 15.5. The normalized spacial score (nSPS) is 13.7. The van der Waals surface area contributed by atoms with E-state index < -0.39 is 12.0 Å². The molecule has 2 rings (SSSR count). The highest BCUT2D eigenvalue weighted by Crippen LogP contribution is 2.24. The molecule has 0 N–H and O–H groups in total. The predicted octanol–water partition coefficient (Wildman–Crippen LogP) is 2.47. The van der Waals surface area contributed by atoms with Crippen molar-refractivity contribution in [3.05, 3.63) is 47.6 Å². The molecule has 112 valence electrons. The van der Waals surface area contributed by atoms with Gasteiger partial charge in [0, 0.05) is 7.11 Å². The molecule has 2 unspecified atom stereocenters. The zero-order valence-electron chi connectivity index (χ0n) is 12.3. The highest BCUT2D eigenvalue weighted by Gasteiger charge is 2.26. The standard InChI is InChI=1S/C15H18N2O4/c1-4-20-15(18)10(2)14-16-13(17-21-14)12(19-3)11-8-6-5-7-9-11/h5-10,12H,4H2,1-3H3. The van der Waals surface area contributed by atoms with Gasteiger partial charge in [-0.3, -0.25) is 4.79 Å². The van der Waals surface area contributed by atoms with E-state index in [1.165, 1.54) is 0 Å². The van der Waals surface area contributed by atoms with Gasteiger partial charge in [-0.05, 0) is 19.4 Å². The summed E-state index contributed by atoms with van der Waals surface area (Å²) in [7, 11) is 1.57. The number of hydrogen-bond donors (Lipinski definition) is 0. The van der Waals surface area contributed by atoms with Gasteiger partial charge in [-0.1, -0.05) is 35.5 Å². The van der Waals surface area contributed by atoms with E-state index in [1.807, 2.05) is 30.3 Å². The summed E-state index contributed by atoms with van der Waals surface area (Å²) in [4.78, 5) is 15.9. The Labute approximate surface area is 123 Å². The van der Waals surface area contributed by atoms with E-state index >= 15 is 0 Å². The fourth-order valence-corrected chi connectivity index (χ4v) is 1.92. The lowest BCUT2D eigenvalue weighted by atomic mass is 10.1. The third-order valence-electron chi connectivity index (χ3n) is 3.04. The van der Waals surface area contributed by atoms with Crippen LogP contribution in [0.25, 0.3) is 0 Å². The lowest BCUT2D eigenvalue weighted by Crippen LogP contribution is -2.13. The third-order valence-corrected chi connectivity index (χ3v) is 3.04. The summed E-state index contributed by atoms with van der Waals surface area (Å²) in [5.74, 6) is -0.378. The second kappa shape index (κ2) is 6.99. The van der Waals surface area contributed by atoms with Gasteiger partial charge in [0.25, 0.3) is 0 Å². The van der Waals surface area contributed by atoms with Crippen molar-refractivity contribution in [1.82, 2.24) is 10.1 Å². The molecule has 0 amide bonds. The van der Waals surface area contributed by atoms with Gasteiger partial charge in [0.15, 0.2) is 0 Å². The average molecular weight is 290 g/mol. The van der Waals surface area contributed by atoms with Gasteiger partial charge in [0.1, 0.15) is 12.0 Å². The number of rotatable bonds is 6. The van der Waals surface area contributed by atoms with E-state index in [1.54, 1.807) is 21.0 Å². The summed E-state index contributed by atoms with van der Waals surface area (Å²) in [5, 5.41) is 3.91. The fourth-order valence-electron chi connectivity index (χ4n) is 1.92. The molecule has 0 aliphatic rings. The van der Waals surface area contributed by atoms with Gasteiger partial charge in [-0.25, -0.2) is 0 Å². The van der Waals surface area contributed by atoms with Crippen molar-refractivity contribution in [2.75, 3.05) is 13.7 Å². The molecule has 2 atom stereocenters. The number of aromatic nitrogens is 2. The Morgan fingerprint density at radius 2 is 2.05 bits per heavy atom. The number of benzene rings is 1. The molecule has 0 bridgehead atoms. The molecule has 6 nitrogen and oxygen atoms in total. The maximum Gasteiger partial charge on any atom is 0.318 e. The van der Waals surface area contributed by atoms with Crippen LogP contribution in [0.1, 0.15) is 43.1 Å². The number of hydrogen-bond acceptors (Lipinski definition) is 6. The molecule has 1 heterocycles. The molecule has 0 fully saturated rings. The first kappa shape index (κ1) is 15.2. The van der Waals surface area contributed by atoms with Crippen LogP contribution in [0.5, 0.6) is 0 Å². The van der Waals surface area contributed by atoms with Crippen LogP contribution in [0.4, 0.5) is 0 Å². The van der Waals surface area contributed by atoms with Crippen molar-refractivity contribution in [3.8, 4) is 0 Å². The van der Waals surface area contributed by atoms with Crippen molar-refractivity contribution >= 4 is 5.97 Å². The SMILES string of the molecule is CCOC(=O)C(C)c1nc(C(OC)c2ccccc2)no1. The van der Waals surface area contributed by atoms with Crippen molar-refractivity contribution in [3.63, 3.8) is 0 Å². The second-order valence-corrected chi connectivity index (χ2v) is 4.49. The summed E-state index contributed by atoms with van der Waals surface area (Å²) in [5.41, 5.74) is 0.913. The van der Waals surface area contributed by atoms with E-state index in [-0.39, 0.29) is 11.9 Å². The molecule has 6 heteroatoms. The van der Waals surface area contributed by atoms with Gasteiger partial charge >= 0.3 is 5.97 Å². The molecule has 0 spiro atoms. The van der Waals surface area contributed by atoms with Crippen LogP contribution in [0.3, 0.4) is 0 Å². The lowest BCUT2D eigenvalue weighted by molar-refractivity contribution is -0.145. The van der Waals surface area contributed by atoms with Gasteiger partial charge in [-0.15, -0.1) is 0 Å². The summed E-state index contributed by atoms with van der Waals surface area (Å²) in [6.45, 7) is 3.73. The van der Waals surface area contributed by atoms with Crippen molar-refractivity contribution < 1.29 is 18.8 Å². The zero-order chi connectivity index (χ0) is 15.2. The Morgan fingerprint density at radius 3 is 2.67 bits per heavy atom. The van der Waals surface area contributed by atoms with Gasteiger partial charge < -0.3 is 14.0 Å². The monoisotopic (exact) mass is 290 g/mol. The minimum absolute atomic E-state index is 0.224. The molecule has 0 radical (unpaired) electrons. The van der Waals surface area contributed by atoms with Gasteiger partial charge in [0.05, 0.1) is 6.61 Å². The smallest absolute Gasteiger partial charge is 0.318 e. The Balaban J connectivity index is 2.20. The molecule has 1 aromatic carbocycles. The number of carbonyl (C=O) groups is 1. The average Bonchev–Trinajstić information content (AvgIpc) is 2.98. The van der Waals surface area contributed by atoms with Crippen LogP contribution in [0.15, 0.2) is 34.9 Å². The highest BCUT2D eigenvalue weighted by atomic mass is 16.5. The lowest BCUT2D eigenvalue weighted by Gasteiger charge is -2.11. The van der Waals surface area contributed by atoms with Crippen LogP contribution >= 0.6 is 0 Å². The zero-order valence-corrected chi connectivity index (χ0v) is 12.3. The largest absolute Gasteiger partial charge is 0.465 e. The Hall–Kier alpha value is -2.21. The van der Waals surface area contributed by atoms with Crippen LogP contribution < -0.4 is 0 Å². The maximum absolute atomic E-state index is 11.7. The molecule has 2 aromatic rings. The predicted molar refractivity (Wildman–Crippen MR) is 74.6 cm³/mol. The van der Waals surface area contributed by atoms with Crippen LogP contribution in [-0.4, -0.2) is 29.8 Å². The molecular formula is C15H18N2O4. The van der Waals surface area contributed by atoms with Crippen molar-refractivity contribution in [1.29, 1.82) is 0 Å². The molecule has 21 heavy (non-hydrogen) atoms.